The summed E-state index contributed by atoms with van der Waals surface area (Å²) in [5.74, 6) is 0.337. The maximum absolute atomic E-state index is 11.3. The first kappa shape index (κ1) is 14.7. The molecule has 1 aromatic carbocycles. The summed E-state index contributed by atoms with van der Waals surface area (Å²) in [6, 6.07) is 8.91. The lowest BCUT2D eigenvalue weighted by atomic mass is 10.2. The number of carbonyl (C=O) groups excluding carboxylic acids is 1. The van der Waals surface area contributed by atoms with E-state index in [2.05, 4.69) is 21.2 Å². The second-order valence-corrected chi connectivity index (χ2v) is 6.10. The Morgan fingerprint density at radius 1 is 1.18 bits per heavy atom. The van der Waals surface area contributed by atoms with Crippen molar-refractivity contribution in [2.75, 3.05) is 7.11 Å². The summed E-state index contributed by atoms with van der Waals surface area (Å²) in [6.07, 6.45) is 0. The molecule has 0 aliphatic heterocycles. The highest BCUT2D eigenvalue weighted by Gasteiger charge is 2.07. The number of methoxy groups -OCH3 is 1. The van der Waals surface area contributed by atoms with E-state index in [9.17, 15) is 4.79 Å². The van der Waals surface area contributed by atoms with Crippen LogP contribution in [0.1, 0.15) is 16.1 Å². The molecule has 6 heteroatoms. The molecule has 0 amide bonds. The second-order valence-electron chi connectivity index (χ2n) is 4.46. The van der Waals surface area contributed by atoms with Gasteiger partial charge in [0.1, 0.15) is 17.4 Å². The average molecular weight is 331 g/mol. The van der Waals surface area contributed by atoms with Crippen LogP contribution in [0.3, 0.4) is 0 Å². The summed E-state index contributed by atoms with van der Waals surface area (Å²) < 4.78 is 10.3. The molecule has 0 unspecified atom stereocenters. The van der Waals surface area contributed by atoms with Crippen molar-refractivity contribution in [3.05, 3.63) is 57.7 Å². The van der Waals surface area contributed by atoms with Crippen LogP contribution in [0.4, 0.5) is 0 Å². The van der Waals surface area contributed by atoms with Gasteiger partial charge in [-0.2, -0.15) is 11.3 Å². The van der Waals surface area contributed by atoms with E-state index in [-0.39, 0.29) is 5.97 Å². The number of aromatic nitrogens is 1. The molecule has 0 aliphatic rings. The van der Waals surface area contributed by atoms with E-state index in [1.807, 2.05) is 10.8 Å². The molecule has 0 fully saturated rings. The third kappa shape index (κ3) is 3.35. The van der Waals surface area contributed by atoms with Crippen LogP contribution in [0.25, 0.3) is 10.6 Å². The monoisotopic (exact) mass is 331 g/mol. The van der Waals surface area contributed by atoms with Crippen LogP contribution in [-0.2, 0) is 11.3 Å². The number of esters is 1. The van der Waals surface area contributed by atoms with Crippen molar-refractivity contribution in [1.29, 1.82) is 0 Å². The first-order valence-corrected chi connectivity index (χ1v) is 8.36. The van der Waals surface area contributed by atoms with E-state index in [0.29, 0.717) is 17.9 Å². The number of hydrogen-bond acceptors (Lipinski definition) is 6. The van der Waals surface area contributed by atoms with Crippen LogP contribution in [0.2, 0.25) is 0 Å². The molecule has 3 rings (SSSR count). The van der Waals surface area contributed by atoms with Gasteiger partial charge in [-0.3, -0.25) is 0 Å². The van der Waals surface area contributed by atoms with Gasteiger partial charge in [0.25, 0.3) is 0 Å². The number of hydrogen-bond donors (Lipinski definition) is 0. The third-order valence-corrected chi connectivity index (χ3v) is 4.61. The fourth-order valence-electron chi connectivity index (χ4n) is 1.85. The van der Waals surface area contributed by atoms with Crippen molar-refractivity contribution < 1.29 is 14.3 Å². The van der Waals surface area contributed by atoms with Gasteiger partial charge in [-0.25, -0.2) is 9.78 Å². The number of nitrogens with zero attached hydrogens (tertiary/aromatic N) is 1. The molecule has 0 atom stereocenters. The Kier molecular flexibility index (Phi) is 4.50. The minimum atomic E-state index is -0.355. The lowest BCUT2D eigenvalue weighted by molar-refractivity contribution is 0.0600. The first-order chi connectivity index (χ1) is 10.8. The van der Waals surface area contributed by atoms with Crippen LogP contribution in [-0.4, -0.2) is 18.1 Å². The summed E-state index contributed by atoms with van der Waals surface area (Å²) in [5.41, 5.74) is 2.54. The van der Waals surface area contributed by atoms with Crippen LogP contribution in [0.5, 0.6) is 5.75 Å². The predicted molar refractivity (Wildman–Crippen MR) is 87.5 cm³/mol. The van der Waals surface area contributed by atoms with Gasteiger partial charge in [-0.05, 0) is 35.7 Å². The normalized spacial score (nSPS) is 10.4. The zero-order valence-electron chi connectivity index (χ0n) is 11.8. The van der Waals surface area contributed by atoms with Gasteiger partial charge in [0.2, 0.25) is 0 Å². The van der Waals surface area contributed by atoms with Crippen molar-refractivity contribution in [2.45, 2.75) is 6.61 Å². The quantitative estimate of drug-likeness (QED) is 0.656. The van der Waals surface area contributed by atoms with Crippen molar-refractivity contribution in [1.82, 2.24) is 4.98 Å². The van der Waals surface area contributed by atoms with Gasteiger partial charge >= 0.3 is 5.97 Å². The summed E-state index contributed by atoms with van der Waals surface area (Å²) in [4.78, 5) is 15.9. The highest BCUT2D eigenvalue weighted by atomic mass is 32.1. The molecule has 112 valence electrons. The summed E-state index contributed by atoms with van der Waals surface area (Å²) in [7, 11) is 1.36. The fraction of sp³-hybridized carbons (Fsp3) is 0.125. The molecule has 0 saturated heterocycles. The van der Waals surface area contributed by atoms with Crippen LogP contribution < -0.4 is 4.74 Å². The molecule has 0 saturated carbocycles. The van der Waals surface area contributed by atoms with Gasteiger partial charge in [0, 0.05) is 16.3 Å². The summed E-state index contributed by atoms with van der Waals surface area (Å²) in [6.45, 7) is 0.401. The molecule has 2 aromatic heterocycles. The number of thiazole rings is 1. The first-order valence-electron chi connectivity index (χ1n) is 6.54. The third-order valence-electron chi connectivity index (χ3n) is 2.98. The number of thiophene rings is 1. The van der Waals surface area contributed by atoms with Gasteiger partial charge in [0.05, 0.1) is 18.4 Å². The van der Waals surface area contributed by atoms with E-state index in [4.69, 9.17) is 4.74 Å². The molecular weight excluding hydrogens is 318 g/mol. The van der Waals surface area contributed by atoms with Crippen LogP contribution >= 0.6 is 22.7 Å². The topological polar surface area (TPSA) is 48.4 Å². The van der Waals surface area contributed by atoms with E-state index in [1.165, 1.54) is 7.11 Å². The zero-order chi connectivity index (χ0) is 15.4. The second kappa shape index (κ2) is 6.72. The Bertz CT molecular complexity index is 748. The highest BCUT2D eigenvalue weighted by molar-refractivity contribution is 7.14. The van der Waals surface area contributed by atoms with E-state index in [0.717, 1.165) is 16.3 Å². The Labute approximate surface area is 136 Å². The minimum Gasteiger partial charge on any atom is -0.487 e. The smallest absolute Gasteiger partial charge is 0.337 e. The maximum atomic E-state index is 11.3. The van der Waals surface area contributed by atoms with E-state index < -0.39 is 0 Å². The van der Waals surface area contributed by atoms with E-state index >= 15 is 0 Å². The molecular formula is C16H13NO3S2. The molecule has 0 radical (unpaired) electrons. The maximum Gasteiger partial charge on any atom is 0.337 e. The Hall–Kier alpha value is -2.18. The average Bonchev–Trinajstić information content (AvgIpc) is 3.23. The highest BCUT2D eigenvalue weighted by Crippen LogP contribution is 2.26. The molecule has 4 nitrogen and oxygen atoms in total. The van der Waals surface area contributed by atoms with Crippen molar-refractivity contribution in [2.24, 2.45) is 0 Å². The SMILES string of the molecule is COC(=O)c1ccc(OCc2csc(-c3ccsc3)n2)cc1. The molecule has 0 bridgehead atoms. The number of carbonyl (C=O) groups is 1. The van der Waals surface area contributed by atoms with Crippen molar-refractivity contribution >= 4 is 28.6 Å². The van der Waals surface area contributed by atoms with Gasteiger partial charge < -0.3 is 9.47 Å². The van der Waals surface area contributed by atoms with Crippen LogP contribution in [0, 0.1) is 0 Å². The minimum absolute atomic E-state index is 0.355. The van der Waals surface area contributed by atoms with Gasteiger partial charge in [0.15, 0.2) is 0 Å². The number of ether oxygens (including phenoxy) is 2. The summed E-state index contributed by atoms with van der Waals surface area (Å²) in [5, 5.41) is 7.11. The molecule has 3 aromatic rings. The molecule has 0 N–H and O–H groups in total. The Morgan fingerprint density at radius 3 is 2.68 bits per heavy atom. The fourth-order valence-corrected chi connectivity index (χ4v) is 3.37. The molecule has 22 heavy (non-hydrogen) atoms. The predicted octanol–water partition coefficient (Wildman–Crippen LogP) is 4.24. The largest absolute Gasteiger partial charge is 0.487 e. The lowest BCUT2D eigenvalue weighted by Gasteiger charge is -2.05. The Balaban J connectivity index is 1.62. The van der Waals surface area contributed by atoms with Gasteiger partial charge in [-0.15, -0.1) is 11.3 Å². The van der Waals surface area contributed by atoms with E-state index in [1.54, 1.807) is 46.9 Å². The standard InChI is InChI=1S/C16H13NO3S2/c1-19-16(18)11-2-4-14(5-3-11)20-8-13-10-22-15(17-13)12-6-7-21-9-12/h2-7,9-10H,8H2,1H3. The number of rotatable bonds is 5. The lowest BCUT2D eigenvalue weighted by Crippen LogP contribution is -2.01. The summed E-state index contributed by atoms with van der Waals surface area (Å²) >= 11 is 3.26. The molecule has 0 aliphatic carbocycles. The van der Waals surface area contributed by atoms with Crippen molar-refractivity contribution in [3.8, 4) is 16.3 Å². The van der Waals surface area contributed by atoms with Crippen molar-refractivity contribution in [3.63, 3.8) is 0 Å². The molecule has 0 spiro atoms. The van der Waals surface area contributed by atoms with Crippen LogP contribution in [0.15, 0.2) is 46.5 Å². The van der Waals surface area contributed by atoms with Gasteiger partial charge in [-0.1, -0.05) is 0 Å². The number of benzene rings is 1. The molecule has 2 heterocycles. The Morgan fingerprint density at radius 2 is 2.00 bits per heavy atom. The zero-order valence-corrected chi connectivity index (χ0v) is 13.4.